The summed E-state index contributed by atoms with van der Waals surface area (Å²) in [4.78, 5) is 0. The minimum Gasteiger partial charge on any atom is -0.467 e. The second kappa shape index (κ2) is 3.90. The highest BCUT2D eigenvalue weighted by atomic mass is 16.3. The molecule has 80 valence electrons. The predicted molar refractivity (Wildman–Crippen MR) is 57.5 cm³/mol. The topological polar surface area (TPSA) is 57.0 Å². The quantitative estimate of drug-likeness (QED) is 0.830. The van der Waals surface area contributed by atoms with Crippen molar-refractivity contribution in [2.45, 2.75) is 25.9 Å². The van der Waals surface area contributed by atoms with Crippen molar-refractivity contribution in [1.82, 2.24) is 9.78 Å². The molecule has 0 aliphatic heterocycles. The molecular weight excluding hydrogens is 190 g/mol. The molecule has 0 saturated heterocycles. The van der Waals surface area contributed by atoms with Crippen molar-refractivity contribution in [3.8, 4) is 0 Å². The zero-order valence-electron chi connectivity index (χ0n) is 8.92. The van der Waals surface area contributed by atoms with Gasteiger partial charge in [-0.2, -0.15) is 5.10 Å². The van der Waals surface area contributed by atoms with Crippen LogP contribution >= 0.6 is 0 Å². The van der Waals surface area contributed by atoms with Crippen LogP contribution in [-0.2, 0) is 0 Å². The largest absolute Gasteiger partial charge is 0.467 e. The molecule has 4 nitrogen and oxygen atoms in total. The van der Waals surface area contributed by atoms with Gasteiger partial charge in [0.2, 0.25) is 0 Å². The molecule has 0 spiro atoms. The molecule has 0 fully saturated rings. The average Bonchev–Trinajstić information content (AvgIpc) is 2.77. The fraction of sp³-hybridized carbons (Fsp3) is 0.364. The van der Waals surface area contributed by atoms with Crippen LogP contribution in [0.1, 0.15) is 24.4 Å². The molecule has 2 aromatic heterocycles. The molecule has 2 unspecified atom stereocenters. The number of hydrogen-bond donors (Lipinski definition) is 1. The third-order valence-corrected chi connectivity index (χ3v) is 2.36. The summed E-state index contributed by atoms with van der Waals surface area (Å²) >= 11 is 0. The van der Waals surface area contributed by atoms with E-state index < -0.39 is 0 Å². The van der Waals surface area contributed by atoms with Crippen molar-refractivity contribution in [2.75, 3.05) is 0 Å². The Labute approximate surface area is 88.7 Å². The summed E-state index contributed by atoms with van der Waals surface area (Å²) in [6.07, 6.45) is 3.58. The molecule has 4 heteroatoms. The van der Waals surface area contributed by atoms with Crippen LogP contribution in [0.2, 0.25) is 0 Å². The lowest BCUT2D eigenvalue weighted by atomic mass is 10.1. The molecule has 0 aliphatic carbocycles. The monoisotopic (exact) mass is 205 g/mol. The molecule has 15 heavy (non-hydrogen) atoms. The lowest BCUT2D eigenvalue weighted by molar-refractivity contribution is 0.367. The Bertz CT molecular complexity index is 417. The van der Waals surface area contributed by atoms with E-state index in [0.29, 0.717) is 0 Å². The Hall–Kier alpha value is -1.55. The van der Waals surface area contributed by atoms with Crippen molar-refractivity contribution < 1.29 is 4.42 Å². The van der Waals surface area contributed by atoms with Crippen LogP contribution in [0.4, 0.5) is 0 Å². The first-order chi connectivity index (χ1) is 7.18. The Kier molecular flexibility index (Phi) is 2.60. The Morgan fingerprint density at radius 3 is 2.73 bits per heavy atom. The molecule has 2 N–H and O–H groups in total. The first kappa shape index (κ1) is 9.98. The second-order valence-corrected chi connectivity index (χ2v) is 3.76. The first-order valence-corrected chi connectivity index (χ1v) is 4.99. The predicted octanol–water partition coefficient (Wildman–Crippen LogP) is 1.72. The standard InChI is InChI=1S/C11H15N3O/c1-8-5-6-14(13-8)11(9(2)12)10-4-3-7-15-10/h3-7,9,11H,12H2,1-2H3. The van der Waals surface area contributed by atoms with Crippen LogP contribution in [-0.4, -0.2) is 15.8 Å². The highest BCUT2D eigenvalue weighted by Crippen LogP contribution is 2.20. The summed E-state index contributed by atoms with van der Waals surface area (Å²) in [6.45, 7) is 3.90. The number of aryl methyl sites for hydroxylation is 1. The van der Waals surface area contributed by atoms with Crippen LogP contribution in [0, 0.1) is 6.92 Å². The van der Waals surface area contributed by atoms with E-state index in [0.717, 1.165) is 11.5 Å². The van der Waals surface area contributed by atoms with E-state index in [1.165, 1.54) is 0 Å². The van der Waals surface area contributed by atoms with E-state index in [1.54, 1.807) is 6.26 Å². The normalized spacial score (nSPS) is 15.1. The van der Waals surface area contributed by atoms with Crippen LogP contribution in [0.5, 0.6) is 0 Å². The van der Waals surface area contributed by atoms with E-state index >= 15 is 0 Å². The van der Waals surface area contributed by atoms with Crippen LogP contribution in [0.25, 0.3) is 0 Å². The van der Waals surface area contributed by atoms with Gasteiger partial charge < -0.3 is 10.2 Å². The Morgan fingerprint density at radius 1 is 1.47 bits per heavy atom. The summed E-state index contributed by atoms with van der Waals surface area (Å²) < 4.78 is 7.23. The van der Waals surface area contributed by atoms with Crippen molar-refractivity contribution >= 4 is 0 Å². The average molecular weight is 205 g/mol. The van der Waals surface area contributed by atoms with Crippen molar-refractivity contribution in [3.63, 3.8) is 0 Å². The summed E-state index contributed by atoms with van der Waals surface area (Å²) in [6, 6.07) is 5.66. The van der Waals surface area contributed by atoms with Gasteiger partial charge in [0.15, 0.2) is 0 Å². The highest BCUT2D eigenvalue weighted by Gasteiger charge is 2.21. The van der Waals surface area contributed by atoms with E-state index in [9.17, 15) is 0 Å². The molecule has 0 amide bonds. The van der Waals surface area contributed by atoms with Crippen molar-refractivity contribution in [3.05, 3.63) is 42.1 Å². The number of nitrogens with two attached hydrogens (primary N) is 1. The second-order valence-electron chi connectivity index (χ2n) is 3.76. The van der Waals surface area contributed by atoms with Gasteiger partial charge in [0.25, 0.3) is 0 Å². The minimum absolute atomic E-state index is 0.0336. The number of hydrogen-bond acceptors (Lipinski definition) is 3. The molecular formula is C11H15N3O. The van der Waals surface area contributed by atoms with Gasteiger partial charge in [-0.25, -0.2) is 0 Å². The molecule has 2 aromatic rings. The molecule has 2 atom stereocenters. The lowest BCUT2D eigenvalue weighted by Crippen LogP contribution is -2.30. The molecule has 0 aromatic carbocycles. The third kappa shape index (κ3) is 1.94. The van der Waals surface area contributed by atoms with E-state index in [1.807, 2.05) is 42.9 Å². The number of rotatable bonds is 3. The van der Waals surface area contributed by atoms with Crippen molar-refractivity contribution in [1.29, 1.82) is 0 Å². The summed E-state index contributed by atoms with van der Waals surface area (Å²) in [5.74, 6) is 0.841. The maximum Gasteiger partial charge on any atom is 0.129 e. The smallest absolute Gasteiger partial charge is 0.129 e. The van der Waals surface area contributed by atoms with Crippen molar-refractivity contribution in [2.24, 2.45) is 5.73 Å². The van der Waals surface area contributed by atoms with Crippen LogP contribution < -0.4 is 5.73 Å². The Morgan fingerprint density at radius 2 is 2.27 bits per heavy atom. The summed E-state index contributed by atoms with van der Waals surface area (Å²) in [7, 11) is 0. The maximum atomic E-state index is 5.95. The molecule has 2 rings (SSSR count). The fourth-order valence-electron chi connectivity index (χ4n) is 1.68. The number of aromatic nitrogens is 2. The summed E-state index contributed by atoms with van der Waals surface area (Å²) in [5.41, 5.74) is 6.93. The van der Waals surface area contributed by atoms with Crippen LogP contribution in [0.3, 0.4) is 0 Å². The SMILES string of the molecule is Cc1ccn(C(c2ccco2)C(C)N)n1. The van der Waals surface area contributed by atoms with Gasteiger partial charge in [0.1, 0.15) is 11.8 Å². The maximum absolute atomic E-state index is 5.95. The summed E-state index contributed by atoms with van der Waals surface area (Å²) in [5, 5.41) is 4.36. The van der Waals surface area contributed by atoms with E-state index in [-0.39, 0.29) is 12.1 Å². The van der Waals surface area contributed by atoms with Gasteiger partial charge in [-0.05, 0) is 32.0 Å². The van der Waals surface area contributed by atoms with Gasteiger partial charge >= 0.3 is 0 Å². The van der Waals surface area contributed by atoms with Gasteiger partial charge in [-0.1, -0.05) is 0 Å². The molecule has 0 aliphatic rings. The molecule has 0 radical (unpaired) electrons. The lowest BCUT2D eigenvalue weighted by Gasteiger charge is -2.18. The van der Waals surface area contributed by atoms with Gasteiger partial charge in [0.05, 0.1) is 12.0 Å². The third-order valence-electron chi connectivity index (χ3n) is 2.36. The number of nitrogens with zero attached hydrogens (tertiary/aromatic N) is 2. The zero-order valence-corrected chi connectivity index (χ0v) is 8.92. The molecule has 0 saturated carbocycles. The fourth-order valence-corrected chi connectivity index (χ4v) is 1.68. The van der Waals surface area contributed by atoms with Gasteiger partial charge in [-0.15, -0.1) is 0 Å². The highest BCUT2D eigenvalue weighted by molar-refractivity contribution is 5.09. The van der Waals surface area contributed by atoms with E-state index in [2.05, 4.69) is 5.10 Å². The van der Waals surface area contributed by atoms with Gasteiger partial charge in [0, 0.05) is 12.2 Å². The zero-order chi connectivity index (χ0) is 10.8. The van der Waals surface area contributed by atoms with Gasteiger partial charge in [-0.3, -0.25) is 4.68 Å². The van der Waals surface area contributed by atoms with E-state index in [4.69, 9.17) is 10.2 Å². The Balaban J connectivity index is 2.36. The molecule has 2 heterocycles. The first-order valence-electron chi connectivity index (χ1n) is 4.99. The minimum atomic E-state index is -0.0459. The van der Waals surface area contributed by atoms with Crippen LogP contribution in [0.15, 0.2) is 35.1 Å². The molecule has 0 bridgehead atoms. The number of furan rings is 1.